The minimum absolute atomic E-state index is 0.0661. The Balaban J connectivity index is 2.75. The number of hydrogen-bond acceptors (Lipinski definition) is 4. The largest absolute Gasteiger partial charge is 0.381 e. The fourth-order valence-electron chi connectivity index (χ4n) is 2.97. The van der Waals surface area contributed by atoms with Gasteiger partial charge in [-0.1, -0.05) is 13.8 Å². The second-order valence-corrected chi connectivity index (χ2v) is 5.09. The topological polar surface area (TPSA) is 50.5 Å². The van der Waals surface area contributed by atoms with Gasteiger partial charge in [0.1, 0.15) is 0 Å². The van der Waals surface area contributed by atoms with Crippen LogP contribution < -0.4 is 11.3 Å². The second kappa shape index (κ2) is 5.96. The molecule has 4 heteroatoms. The van der Waals surface area contributed by atoms with E-state index in [9.17, 15) is 0 Å². The van der Waals surface area contributed by atoms with E-state index in [2.05, 4.69) is 38.0 Å². The van der Waals surface area contributed by atoms with Gasteiger partial charge in [0.05, 0.1) is 6.61 Å². The summed E-state index contributed by atoms with van der Waals surface area (Å²) in [6.45, 7) is 12.7. The van der Waals surface area contributed by atoms with Crippen LogP contribution in [0.1, 0.15) is 34.1 Å². The van der Waals surface area contributed by atoms with Crippen molar-refractivity contribution in [2.75, 3.05) is 26.3 Å². The third kappa shape index (κ3) is 2.74. The van der Waals surface area contributed by atoms with Gasteiger partial charge in [0, 0.05) is 24.1 Å². The first-order valence-electron chi connectivity index (χ1n) is 6.36. The van der Waals surface area contributed by atoms with Crippen LogP contribution in [0.3, 0.4) is 0 Å². The molecule has 1 aliphatic rings. The van der Waals surface area contributed by atoms with Crippen LogP contribution in [0, 0.1) is 5.92 Å². The van der Waals surface area contributed by atoms with E-state index in [1.165, 1.54) is 0 Å². The van der Waals surface area contributed by atoms with E-state index in [4.69, 9.17) is 10.6 Å². The average molecular weight is 229 g/mol. The number of ether oxygens (including phenoxy) is 1. The Bertz CT molecular complexity index is 198. The minimum Gasteiger partial charge on any atom is -0.381 e. The Morgan fingerprint density at radius 2 is 2.06 bits per heavy atom. The molecule has 0 radical (unpaired) electrons. The summed E-state index contributed by atoms with van der Waals surface area (Å²) >= 11 is 0. The van der Waals surface area contributed by atoms with E-state index in [0.717, 1.165) is 32.7 Å². The molecule has 0 bridgehead atoms. The molecule has 1 rings (SSSR count). The van der Waals surface area contributed by atoms with Crippen molar-refractivity contribution in [3.8, 4) is 0 Å². The third-order valence-electron chi connectivity index (χ3n) is 3.96. The maximum absolute atomic E-state index is 5.75. The predicted octanol–water partition coefficient (Wildman–Crippen LogP) is 0.975. The Kier molecular flexibility index (Phi) is 5.18. The van der Waals surface area contributed by atoms with Crippen molar-refractivity contribution in [3.05, 3.63) is 0 Å². The van der Waals surface area contributed by atoms with E-state index in [1.807, 2.05) is 0 Å². The molecule has 1 aliphatic heterocycles. The lowest BCUT2D eigenvalue weighted by atomic mass is 9.82. The molecule has 0 aromatic carbocycles. The number of nitrogens with two attached hydrogens (primary N) is 1. The molecule has 4 nitrogen and oxygen atoms in total. The highest BCUT2D eigenvalue weighted by molar-refractivity contribution is 4.96. The van der Waals surface area contributed by atoms with E-state index in [1.54, 1.807) is 0 Å². The van der Waals surface area contributed by atoms with Gasteiger partial charge in [-0.25, -0.2) is 0 Å². The molecule has 2 atom stereocenters. The zero-order valence-corrected chi connectivity index (χ0v) is 11.1. The molecule has 16 heavy (non-hydrogen) atoms. The highest BCUT2D eigenvalue weighted by Gasteiger charge is 2.39. The quantitative estimate of drug-likeness (QED) is 0.526. The summed E-state index contributed by atoms with van der Waals surface area (Å²) in [5, 5.41) is 0. The zero-order valence-electron chi connectivity index (χ0n) is 11.1. The number of hydrogen-bond donors (Lipinski definition) is 2. The number of likely N-dealkylation sites (N-methyl/N-ethyl adjacent to an activating group) is 1. The van der Waals surface area contributed by atoms with Crippen LogP contribution in [0.2, 0.25) is 0 Å². The summed E-state index contributed by atoms with van der Waals surface area (Å²) in [6.07, 6.45) is 1.11. The Morgan fingerprint density at radius 3 is 2.44 bits per heavy atom. The molecule has 0 aliphatic carbocycles. The SMILES string of the molecule is CCN(CC)C(C)(C)C(NN)C1CCOC1. The van der Waals surface area contributed by atoms with Crippen molar-refractivity contribution < 1.29 is 4.74 Å². The lowest BCUT2D eigenvalue weighted by Crippen LogP contribution is -2.62. The highest BCUT2D eigenvalue weighted by atomic mass is 16.5. The maximum atomic E-state index is 5.75. The molecule has 0 amide bonds. The Morgan fingerprint density at radius 1 is 1.44 bits per heavy atom. The lowest BCUT2D eigenvalue weighted by molar-refractivity contribution is 0.0595. The lowest BCUT2D eigenvalue weighted by Gasteiger charge is -2.45. The van der Waals surface area contributed by atoms with E-state index >= 15 is 0 Å². The summed E-state index contributed by atoms with van der Waals surface area (Å²) in [5.41, 5.74) is 3.08. The van der Waals surface area contributed by atoms with Crippen LogP contribution in [0.25, 0.3) is 0 Å². The first-order chi connectivity index (χ1) is 7.57. The summed E-state index contributed by atoms with van der Waals surface area (Å²) in [6, 6.07) is 0.287. The van der Waals surface area contributed by atoms with Gasteiger partial charge < -0.3 is 4.74 Å². The van der Waals surface area contributed by atoms with Crippen LogP contribution in [0.5, 0.6) is 0 Å². The smallest absolute Gasteiger partial charge is 0.0511 e. The van der Waals surface area contributed by atoms with Crippen molar-refractivity contribution in [2.45, 2.75) is 45.7 Å². The summed E-state index contributed by atoms with van der Waals surface area (Å²) in [7, 11) is 0. The first-order valence-corrected chi connectivity index (χ1v) is 6.36. The number of nitrogens with zero attached hydrogens (tertiary/aromatic N) is 1. The molecule has 0 aromatic rings. The van der Waals surface area contributed by atoms with Crippen LogP contribution in [0.4, 0.5) is 0 Å². The van der Waals surface area contributed by atoms with Gasteiger partial charge >= 0.3 is 0 Å². The van der Waals surface area contributed by atoms with Gasteiger partial charge in [-0.15, -0.1) is 0 Å². The number of hydrazine groups is 1. The van der Waals surface area contributed by atoms with Crippen LogP contribution in [0.15, 0.2) is 0 Å². The van der Waals surface area contributed by atoms with Crippen molar-refractivity contribution in [3.63, 3.8) is 0 Å². The summed E-state index contributed by atoms with van der Waals surface area (Å²) in [4.78, 5) is 2.45. The molecule has 1 heterocycles. The van der Waals surface area contributed by atoms with Crippen LogP contribution >= 0.6 is 0 Å². The molecule has 1 saturated heterocycles. The summed E-state index contributed by atoms with van der Waals surface area (Å²) in [5.74, 6) is 6.28. The van der Waals surface area contributed by atoms with Crippen molar-refractivity contribution in [1.29, 1.82) is 0 Å². The standard InChI is InChI=1S/C12H27N3O/c1-5-15(6-2)12(3,4)11(14-13)10-7-8-16-9-10/h10-11,14H,5-9,13H2,1-4H3. The van der Waals surface area contributed by atoms with E-state index in [0.29, 0.717) is 5.92 Å². The number of rotatable bonds is 6. The Hall–Kier alpha value is -0.160. The fraction of sp³-hybridized carbons (Fsp3) is 1.00. The average Bonchev–Trinajstić information content (AvgIpc) is 2.73. The monoisotopic (exact) mass is 229 g/mol. The van der Waals surface area contributed by atoms with E-state index < -0.39 is 0 Å². The van der Waals surface area contributed by atoms with Gasteiger partial charge in [-0.2, -0.15) is 0 Å². The van der Waals surface area contributed by atoms with Crippen molar-refractivity contribution in [2.24, 2.45) is 11.8 Å². The zero-order chi connectivity index (χ0) is 12.2. The fourth-order valence-corrected chi connectivity index (χ4v) is 2.97. The molecule has 2 unspecified atom stereocenters. The van der Waals surface area contributed by atoms with Gasteiger partial charge in [0.2, 0.25) is 0 Å². The third-order valence-corrected chi connectivity index (χ3v) is 3.96. The predicted molar refractivity (Wildman–Crippen MR) is 67.0 cm³/mol. The van der Waals surface area contributed by atoms with Gasteiger partial charge in [0.15, 0.2) is 0 Å². The van der Waals surface area contributed by atoms with Gasteiger partial charge in [-0.05, 0) is 33.4 Å². The van der Waals surface area contributed by atoms with Gasteiger partial charge in [0.25, 0.3) is 0 Å². The van der Waals surface area contributed by atoms with Crippen LogP contribution in [-0.2, 0) is 4.74 Å². The molecule has 0 aromatic heterocycles. The van der Waals surface area contributed by atoms with Gasteiger partial charge in [-0.3, -0.25) is 16.2 Å². The molecule has 0 spiro atoms. The van der Waals surface area contributed by atoms with E-state index in [-0.39, 0.29) is 11.6 Å². The Labute approximate surface area is 99.5 Å². The molecule has 1 fully saturated rings. The number of nitrogens with one attached hydrogen (secondary N) is 1. The molecular weight excluding hydrogens is 202 g/mol. The van der Waals surface area contributed by atoms with Crippen LogP contribution in [-0.4, -0.2) is 42.8 Å². The minimum atomic E-state index is 0.0661. The summed E-state index contributed by atoms with van der Waals surface area (Å²) < 4.78 is 5.47. The highest BCUT2D eigenvalue weighted by Crippen LogP contribution is 2.28. The second-order valence-electron chi connectivity index (χ2n) is 5.09. The van der Waals surface area contributed by atoms with Crippen molar-refractivity contribution in [1.82, 2.24) is 10.3 Å². The molecule has 3 N–H and O–H groups in total. The van der Waals surface area contributed by atoms with Crippen molar-refractivity contribution >= 4 is 0 Å². The molecule has 96 valence electrons. The normalized spacial score (nSPS) is 24.0. The molecule has 0 saturated carbocycles. The first kappa shape index (κ1) is 13.9. The molecular formula is C12H27N3O. The maximum Gasteiger partial charge on any atom is 0.0511 e.